The first kappa shape index (κ1) is 20.7. The predicted octanol–water partition coefficient (Wildman–Crippen LogP) is 3.52. The number of quaternary nitrogens is 1. The summed E-state index contributed by atoms with van der Waals surface area (Å²) in [4.78, 5) is 38.7. The smallest absolute Gasteiger partial charge is 0.362 e. The summed E-state index contributed by atoms with van der Waals surface area (Å²) in [6.07, 6.45) is 8.84. The molecule has 1 unspecified atom stereocenters. The van der Waals surface area contributed by atoms with Gasteiger partial charge in [0.15, 0.2) is 11.8 Å². The summed E-state index contributed by atoms with van der Waals surface area (Å²) in [6, 6.07) is 6.33. The zero-order valence-corrected chi connectivity index (χ0v) is 18.1. The lowest BCUT2D eigenvalue weighted by Gasteiger charge is -2.56. The molecular formula is C25H33N2O4+. The molecule has 1 aromatic carbocycles. The summed E-state index contributed by atoms with van der Waals surface area (Å²) in [5.74, 6) is 0.718. The summed E-state index contributed by atoms with van der Waals surface area (Å²) in [5, 5.41) is 10.2. The number of carbonyl (C=O) groups excluding carboxylic acids is 2. The molecule has 1 heterocycles. The quantitative estimate of drug-likeness (QED) is 0.682. The van der Waals surface area contributed by atoms with E-state index in [4.69, 9.17) is 5.73 Å². The number of aliphatic carboxylic acids is 1. The van der Waals surface area contributed by atoms with Crippen molar-refractivity contribution in [1.82, 2.24) is 4.48 Å². The van der Waals surface area contributed by atoms with Crippen LogP contribution in [-0.2, 0) is 9.59 Å². The van der Waals surface area contributed by atoms with Crippen molar-refractivity contribution in [2.24, 2.45) is 28.9 Å². The Bertz CT molecular complexity index is 891. The number of hydrogen-bond acceptors (Lipinski definition) is 3. The van der Waals surface area contributed by atoms with Gasteiger partial charge in [-0.1, -0.05) is 12.1 Å². The van der Waals surface area contributed by atoms with Crippen LogP contribution >= 0.6 is 0 Å². The summed E-state index contributed by atoms with van der Waals surface area (Å²) >= 11 is 0. The summed E-state index contributed by atoms with van der Waals surface area (Å²) < 4.78 is 0.0367. The second kappa shape index (κ2) is 7.44. The van der Waals surface area contributed by atoms with E-state index >= 15 is 0 Å². The Kier molecular flexibility index (Phi) is 4.96. The second-order valence-corrected chi connectivity index (χ2v) is 10.8. The monoisotopic (exact) mass is 425 g/mol. The molecule has 1 amide bonds. The molecule has 1 saturated heterocycles. The number of carboxylic acids is 1. The number of nitrogens with zero attached hydrogens (tertiary/aromatic N) is 1. The number of hydrogen-bond donors (Lipinski definition) is 2. The van der Waals surface area contributed by atoms with E-state index in [1.807, 2.05) is 12.1 Å². The molecule has 1 aliphatic heterocycles. The van der Waals surface area contributed by atoms with Gasteiger partial charge in [-0.3, -0.25) is 14.1 Å². The molecule has 3 N–H and O–H groups in total. The van der Waals surface area contributed by atoms with Crippen molar-refractivity contribution in [1.29, 1.82) is 0 Å². The molecule has 6 heteroatoms. The van der Waals surface area contributed by atoms with Gasteiger partial charge in [0.2, 0.25) is 0 Å². The van der Waals surface area contributed by atoms with Gasteiger partial charge in [-0.25, -0.2) is 4.79 Å². The van der Waals surface area contributed by atoms with Crippen LogP contribution < -0.4 is 10.2 Å². The van der Waals surface area contributed by atoms with Gasteiger partial charge in [0, 0.05) is 11.8 Å². The average molecular weight is 426 g/mol. The van der Waals surface area contributed by atoms with E-state index < -0.39 is 17.9 Å². The molecule has 0 aromatic heterocycles. The van der Waals surface area contributed by atoms with E-state index in [1.165, 1.54) is 19.3 Å². The first-order valence-electron chi connectivity index (χ1n) is 11.9. The molecule has 166 valence electrons. The number of carboxylic acid groups (broad SMARTS) is 1. The number of ketones is 1. The largest absolute Gasteiger partial charge is 0.477 e. The zero-order valence-electron chi connectivity index (χ0n) is 18.1. The van der Waals surface area contributed by atoms with E-state index in [2.05, 4.69) is 0 Å². The van der Waals surface area contributed by atoms with Gasteiger partial charge >= 0.3 is 5.97 Å². The maximum absolute atomic E-state index is 14.1. The Labute approximate surface area is 183 Å². The van der Waals surface area contributed by atoms with Gasteiger partial charge in [-0.05, 0) is 81.3 Å². The van der Waals surface area contributed by atoms with Crippen LogP contribution in [0.5, 0.6) is 0 Å². The van der Waals surface area contributed by atoms with Crippen LogP contribution in [0.15, 0.2) is 24.3 Å². The fourth-order valence-electron chi connectivity index (χ4n) is 7.98. The van der Waals surface area contributed by atoms with Crippen LogP contribution in [0.4, 0.5) is 5.69 Å². The standard InChI is InChI=1S/C25H32N2O4/c26-23(29)19-5-1-2-6-20(19)27(8-4-3-7-21(27)24(30)31)15-22(28)25-12-16-9-17(13-25)11-18(10-16)14-25/h1-2,5-6,16-18,21H,3-4,7-15H2,(H2-,26,29,30,31)/p+1/t16?,17?,18?,21-,25?,27?/m0/s1. The third-order valence-electron chi connectivity index (χ3n) is 8.87. The summed E-state index contributed by atoms with van der Waals surface area (Å²) in [6.45, 7) is 0.715. The van der Waals surface area contributed by atoms with Gasteiger partial charge in [0.25, 0.3) is 5.91 Å². The normalized spacial score (nSPS) is 38.7. The first-order valence-corrected chi connectivity index (χ1v) is 11.9. The molecule has 4 aliphatic carbocycles. The minimum atomic E-state index is -0.891. The molecule has 31 heavy (non-hydrogen) atoms. The number of carbonyl (C=O) groups is 3. The highest BCUT2D eigenvalue weighted by Gasteiger charge is 2.57. The molecule has 0 spiro atoms. The number of amides is 1. The number of piperidine rings is 1. The van der Waals surface area contributed by atoms with Crippen LogP contribution in [0.25, 0.3) is 0 Å². The van der Waals surface area contributed by atoms with Crippen molar-refractivity contribution in [2.45, 2.75) is 63.8 Å². The number of nitrogens with two attached hydrogens (primary N) is 1. The number of benzene rings is 1. The lowest BCUT2D eigenvalue weighted by molar-refractivity contribution is -0.150. The average Bonchev–Trinajstić information content (AvgIpc) is 2.73. The predicted molar refractivity (Wildman–Crippen MR) is 117 cm³/mol. The number of likely N-dealkylation sites (tertiary alicyclic amines) is 1. The fraction of sp³-hybridized carbons (Fsp3) is 0.640. The van der Waals surface area contributed by atoms with Crippen molar-refractivity contribution in [3.8, 4) is 0 Å². The Hall–Kier alpha value is -2.21. The minimum Gasteiger partial charge on any atom is -0.477 e. The highest BCUT2D eigenvalue weighted by Crippen LogP contribution is 2.60. The van der Waals surface area contributed by atoms with Crippen molar-refractivity contribution in [3.63, 3.8) is 0 Å². The van der Waals surface area contributed by atoms with E-state index in [0.29, 0.717) is 42.0 Å². The van der Waals surface area contributed by atoms with Crippen LogP contribution in [-0.4, -0.2) is 41.9 Å². The van der Waals surface area contributed by atoms with E-state index in [1.54, 1.807) is 12.1 Å². The molecular weight excluding hydrogens is 392 g/mol. The van der Waals surface area contributed by atoms with Gasteiger partial charge in [-0.2, -0.15) is 0 Å². The molecule has 1 aromatic rings. The zero-order chi connectivity index (χ0) is 21.8. The van der Waals surface area contributed by atoms with Crippen LogP contribution in [0.3, 0.4) is 0 Å². The third kappa shape index (κ3) is 3.30. The molecule has 6 rings (SSSR count). The van der Waals surface area contributed by atoms with Crippen molar-refractivity contribution < 1.29 is 19.5 Å². The molecule has 5 fully saturated rings. The van der Waals surface area contributed by atoms with Crippen molar-refractivity contribution in [3.05, 3.63) is 29.8 Å². The highest BCUT2D eigenvalue weighted by molar-refractivity contribution is 6.00. The van der Waals surface area contributed by atoms with Gasteiger partial charge in [0.05, 0.1) is 6.54 Å². The number of primary amides is 1. The molecule has 4 saturated carbocycles. The molecule has 6 nitrogen and oxygen atoms in total. The first-order chi connectivity index (χ1) is 14.8. The topological polar surface area (TPSA) is 97.5 Å². The number of para-hydroxylation sites is 1. The van der Waals surface area contributed by atoms with Crippen LogP contribution in [0.2, 0.25) is 0 Å². The molecule has 5 aliphatic rings. The maximum Gasteiger partial charge on any atom is 0.362 e. The molecule has 2 atom stereocenters. The number of rotatable bonds is 6. The Morgan fingerprint density at radius 3 is 2.19 bits per heavy atom. The van der Waals surface area contributed by atoms with E-state index in [-0.39, 0.29) is 22.2 Å². The fourth-order valence-corrected chi connectivity index (χ4v) is 7.98. The lowest BCUT2D eigenvalue weighted by Crippen LogP contribution is -2.67. The maximum atomic E-state index is 14.1. The van der Waals surface area contributed by atoms with E-state index in [9.17, 15) is 19.5 Å². The SMILES string of the molecule is NC(=O)c1ccccc1[N+]1(CC(=O)C23CC4CC(CC(C4)C2)C3)CCCC[C@H]1C(=O)O. The Balaban J connectivity index is 1.57. The van der Waals surface area contributed by atoms with E-state index in [0.717, 1.165) is 32.1 Å². The molecule has 0 radical (unpaired) electrons. The van der Waals surface area contributed by atoms with Crippen LogP contribution in [0.1, 0.15) is 68.1 Å². The van der Waals surface area contributed by atoms with Crippen LogP contribution in [0, 0.1) is 23.2 Å². The Morgan fingerprint density at radius 2 is 1.61 bits per heavy atom. The van der Waals surface area contributed by atoms with Gasteiger partial charge in [0.1, 0.15) is 17.8 Å². The summed E-state index contributed by atoms with van der Waals surface area (Å²) in [7, 11) is 0. The number of Topliss-reactive ketones (excluding diaryl/α,β-unsaturated/α-hetero) is 1. The Morgan fingerprint density at radius 1 is 1.00 bits per heavy atom. The minimum absolute atomic E-state index is 0.0367. The highest BCUT2D eigenvalue weighted by atomic mass is 16.4. The van der Waals surface area contributed by atoms with Gasteiger partial charge < -0.3 is 10.8 Å². The molecule has 4 bridgehead atoms. The van der Waals surface area contributed by atoms with Crippen molar-refractivity contribution >= 4 is 23.3 Å². The summed E-state index contributed by atoms with van der Waals surface area (Å²) in [5.41, 5.74) is 6.36. The van der Waals surface area contributed by atoms with Crippen molar-refractivity contribution in [2.75, 3.05) is 13.1 Å². The lowest BCUT2D eigenvalue weighted by atomic mass is 9.48. The van der Waals surface area contributed by atoms with Gasteiger partial charge in [-0.15, -0.1) is 0 Å². The second-order valence-electron chi connectivity index (χ2n) is 10.8. The third-order valence-corrected chi connectivity index (χ3v) is 8.87.